The second-order valence-electron chi connectivity index (χ2n) is 3.84. The van der Waals surface area contributed by atoms with Gasteiger partial charge in [-0.15, -0.1) is 5.10 Å². The lowest BCUT2D eigenvalue weighted by Crippen LogP contribution is -2.57. The van der Waals surface area contributed by atoms with Crippen LogP contribution in [-0.4, -0.2) is 37.9 Å². The molecule has 1 aliphatic rings. The highest BCUT2D eigenvalue weighted by atomic mass is 19.3. The largest absolute Gasteiger partial charge is 0.476 e. The van der Waals surface area contributed by atoms with E-state index in [1.54, 1.807) is 0 Å². The number of hydrogen-bond acceptors (Lipinski definition) is 3. The number of rotatable bonds is 2. The summed E-state index contributed by atoms with van der Waals surface area (Å²) in [5, 5.41) is 15.1. The minimum absolute atomic E-state index is 0.478. The Morgan fingerprint density at radius 2 is 2.06 bits per heavy atom. The quantitative estimate of drug-likeness (QED) is 0.806. The Labute approximate surface area is 92.0 Å². The Morgan fingerprint density at radius 1 is 1.47 bits per heavy atom. The molecule has 1 N–H and O–H groups in total. The van der Waals surface area contributed by atoms with Gasteiger partial charge in [0.05, 0.1) is 11.6 Å². The number of aromatic nitrogens is 3. The summed E-state index contributed by atoms with van der Waals surface area (Å²) >= 11 is 0. The smallest absolute Gasteiger partial charge is 0.358 e. The summed E-state index contributed by atoms with van der Waals surface area (Å²) in [6.45, 7) is 0. The van der Waals surface area contributed by atoms with Gasteiger partial charge in [-0.1, -0.05) is 5.21 Å². The van der Waals surface area contributed by atoms with Gasteiger partial charge >= 0.3 is 17.8 Å². The molecule has 0 saturated heterocycles. The standard InChI is InChI=1S/C8H7F4N3O2/c1-15-5(4(6(16)17)13-14-15)3-2-7(9,10)8(3,11)12/h3H,2H2,1H3,(H,16,17). The van der Waals surface area contributed by atoms with Gasteiger partial charge in [0.2, 0.25) is 0 Å². The van der Waals surface area contributed by atoms with Crippen LogP contribution in [0.5, 0.6) is 0 Å². The number of carboxylic acids is 1. The highest BCUT2D eigenvalue weighted by Crippen LogP contribution is 2.60. The molecule has 1 aromatic rings. The molecular formula is C8H7F4N3O2. The zero-order valence-corrected chi connectivity index (χ0v) is 8.49. The van der Waals surface area contributed by atoms with Crippen LogP contribution in [0, 0.1) is 0 Å². The molecule has 1 atom stereocenters. The van der Waals surface area contributed by atoms with Crippen molar-refractivity contribution >= 4 is 5.97 Å². The van der Waals surface area contributed by atoms with Crippen molar-refractivity contribution in [3.63, 3.8) is 0 Å². The fourth-order valence-electron chi connectivity index (χ4n) is 1.82. The van der Waals surface area contributed by atoms with Crippen molar-refractivity contribution in [2.45, 2.75) is 24.2 Å². The Balaban J connectivity index is 2.44. The van der Waals surface area contributed by atoms with Crippen molar-refractivity contribution in [1.82, 2.24) is 15.0 Å². The molecular weight excluding hydrogens is 246 g/mol. The molecule has 17 heavy (non-hydrogen) atoms. The molecule has 9 heteroatoms. The van der Waals surface area contributed by atoms with Gasteiger partial charge in [-0.2, -0.15) is 17.6 Å². The van der Waals surface area contributed by atoms with E-state index in [2.05, 4.69) is 10.3 Å². The SMILES string of the molecule is Cn1nnc(C(=O)O)c1C1CC(F)(F)C1(F)F. The zero-order valence-electron chi connectivity index (χ0n) is 8.49. The normalized spacial score (nSPS) is 25.4. The van der Waals surface area contributed by atoms with E-state index in [4.69, 9.17) is 5.11 Å². The van der Waals surface area contributed by atoms with E-state index in [-0.39, 0.29) is 0 Å². The molecule has 0 radical (unpaired) electrons. The average molecular weight is 253 g/mol. The maximum Gasteiger partial charge on any atom is 0.358 e. The molecule has 0 spiro atoms. The second kappa shape index (κ2) is 3.17. The summed E-state index contributed by atoms with van der Waals surface area (Å²) in [5.74, 6) is -11.8. The van der Waals surface area contributed by atoms with Gasteiger partial charge in [0.1, 0.15) is 0 Å². The molecule has 0 amide bonds. The maximum absolute atomic E-state index is 13.2. The molecule has 0 aromatic carbocycles. The number of aromatic carboxylic acids is 1. The van der Waals surface area contributed by atoms with Crippen LogP contribution in [0.4, 0.5) is 17.6 Å². The molecule has 1 saturated carbocycles. The Morgan fingerprint density at radius 3 is 2.47 bits per heavy atom. The molecule has 5 nitrogen and oxygen atoms in total. The first-order valence-electron chi connectivity index (χ1n) is 4.57. The van der Waals surface area contributed by atoms with Crippen LogP contribution in [0.3, 0.4) is 0 Å². The molecule has 0 bridgehead atoms. The summed E-state index contributed by atoms with van der Waals surface area (Å²) in [4.78, 5) is 10.7. The average Bonchev–Trinajstić information content (AvgIpc) is 2.56. The van der Waals surface area contributed by atoms with Crippen LogP contribution in [-0.2, 0) is 7.05 Å². The third kappa shape index (κ3) is 1.41. The van der Waals surface area contributed by atoms with E-state index in [1.807, 2.05) is 0 Å². The molecule has 0 aliphatic heterocycles. The van der Waals surface area contributed by atoms with E-state index in [0.717, 1.165) is 4.68 Å². The fraction of sp³-hybridized carbons (Fsp3) is 0.625. The monoisotopic (exact) mass is 253 g/mol. The van der Waals surface area contributed by atoms with Crippen LogP contribution >= 0.6 is 0 Å². The second-order valence-corrected chi connectivity index (χ2v) is 3.84. The summed E-state index contributed by atoms with van der Waals surface area (Å²) < 4.78 is 52.4. The van der Waals surface area contributed by atoms with Gasteiger partial charge in [-0.05, 0) is 0 Å². The molecule has 1 heterocycles. The molecule has 1 fully saturated rings. The fourth-order valence-corrected chi connectivity index (χ4v) is 1.82. The molecule has 2 rings (SSSR count). The number of carboxylic acid groups (broad SMARTS) is 1. The lowest BCUT2D eigenvalue weighted by Gasteiger charge is -2.43. The third-order valence-corrected chi connectivity index (χ3v) is 2.79. The molecule has 1 aliphatic carbocycles. The maximum atomic E-state index is 13.2. The Bertz CT molecular complexity index is 485. The van der Waals surface area contributed by atoms with E-state index in [1.165, 1.54) is 7.05 Å². The highest BCUT2D eigenvalue weighted by molar-refractivity contribution is 5.86. The van der Waals surface area contributed by atoms with E-state index in [0.29, 0.717) is 0 Å². The summed E-state index contributed by atoms with van der Waals surface area (Å²) in [6.07, 6.45) is -1.11. The van der Waals surface area contributed by atoms with Gasteiger partial charge in [0.15, 0.2) is 5.69 Å². The van der Waals surface area contributed by atoms with Gasteiger partial charge in [0, 0.05) is 13.5 Å². The van der Waals surface area contributed by atoms with Crippen molar-refractivity contribution in [2.24, 2.45) is 7.05 Å². The summed E-state index contributed by atoms with van der Waals surface area (Å²) in [6, 6.07) is 0. The van der Waals surface area contributed by atoms with Crippen LogP contribution in [0.1, 0.15) is 28.5 Å². The van der Waals surface area contributed by atoms with Gasteiger partial charge in [-0.3, -0.25) is 4.68 Å². The Kier molecular flexibility index (Phi) is 2.20. The summed E-state index contributed by atoms with van der Waals surface area (Å²) in [7, 11) is 1.18. The summed E-state index contributed by atoms with van der Waals surface area (Å²) in [5.41, 5.74) is -1.19. The predicted octanol–water partition coefficient (Wildman–Crippen LogP) is 1.27. The first-order valence-corrected chi connectivity index (χ1v) is 4.57. The van der Waals surface area contributed by atoms with Crippen molar-refractivity contribution < 1.29 is 27.5 Å². The number of aryl methyl sites for hydroxylation is 1. The van der Waals surface area contributed by atoms with Crippen molar-refractivity contribution in [1.29, 1.82) is 0 Å². The molecule has 1 aromatic heterocycles. The number of hydrogen-bond donors (Lipinski definition) is 1. The molecule has 1 unspecified atom stereocenters. The molecule has 94 valence electrons. The highest BCUT2D eigenvalue weighted by Gasteiger charge is 2.73. The van der Waals surface area contributed by atoms with Gasteiger partial charge < -0.3 is 5.11 Å². The Hall–Kier alpha value is -1.67. The van der Waals surface area contributed by atoms with Crippen LogP contribution < -0.4 is 0 Å². The number of carbonyl (C=O) groups is 1. The first kappa shape index (κ1) is 11.8. The van der Waals surface area contributed by atoms with E-state index < -0.39 is 41.5 Å². The lowest BCUT2D eigenvalue weighted by atomic mass is 9.74. The lowest BCUT2D eigenvalue weighted by molar-refractivity contribution is -0.292. The van der Waals surface area contributed by atoms with E-state index >= 15 is 0 Å². The van der Waals surface area contributed by atoms with Crippen LogP contribution in [0.25, 0.3) is 0 Å². The van der Waals surface area contributed by atoms with Crippen molar-refractivity contribution in [3.05, 3.63) is 11.4 Å². The van der Waals surface area contributed by atoms with Crippen molar-refractivity contribution in [2.75, 3.05) is 0 Å². The predicted molar refractivity (Wildman–Crippen MR) is 45.2 cm³/mol. The topological polar surface area (TPSA) is 68.0 Å². The number of nitrogens with zero attached hydrogens (tertiary/aromatic N) is 3. The zero-order chi connectivity index (χ0) is 13.0. The minimum atomic E-state index is -4.27. The third-order valence-electron chi connectivity index (χ3n) is 2.79. The van der Waals surface area contributed by atoms with E-state index in [9.17, 15) is 22.4 Å². The van der Waals surface area contributed by atoms with Gasteiger partial charge in [-0.25, -0.2) is 4.79 Å². The number of halogens is 4. The minimum Gasteiger partial charge on any atom is -0.476 e. The van der Waals surface area contributed by atoms with Crippen LogP contribution in [0.15, 0.2) is 0 Å². The van der Waals surface area contributed by atoms with Crippen molar-refractivity contribution in [3.8, 4) is 0 Å². The van der Waals surface area contributed by atoms with Gasteiger partial charge in [0.25, 0.3) is 0 Å². The first-order chi connectivity index (χ1) is 7.68. The van der Waals surface area contributed by atoms with Crippen LogP contribution in [0.2, 0.25) is 0 Å². The number of alkyl halides is 4.